The summed E-state index contributed by atoms with van der Waals surface area (Å²) >= 11 is 0. The Morgan fingerprint density at radius 3 is 2.30 bits per heavy atom. The molecule has 0 saturated carbocycles. The van der Waals surface area contributed by atoms with Gasteiger partial charge in [0.1, 0.15) is 12.5 Å². The van der Waals surface area contributed by atoms with Crippen LogP contribution in [0.1, 0.15) is 44.4 Å². The molecule has 1 rings (SSSR count). The maximum absolute atomic E-state index is 13.4. The molecule has 0 aliphatic rings. The van der Waals surface area contributed by atoms with Crippen molar-refractivity contribution >= 4 is 0 Å². The largest absolute Gasteiger partial charge is 0.374 e. The summed E-state index contributed by atoms with van der Waals surface area (Å²) in [6.45, 7) is 12.8. The number of benzene rings is 1. The van der Waals surface area contributed by atoms with E-state index in [0.29, 0.717) is 25.5 Å². The number of hydroxylamine groups is 2. The molecule has 0 radical (unpaired) electrons. The van der Waals surface area contributed by atoms with E-state index in [1.807, 2.05) is 40.7 Å². The highest BCUT2D eigenvalue weighted by atomic mass is 19.1. The van der Waals surface area contributed by atoms with Crippen LogP contribution < -0.4 is 0 Å². The van der Waals surface area contributed by atoms with Gasteiger partial charge in [-0.1, -0.05) is 19.9 Å². The van der Waals surface area contributed by atoms with Gasteiger partial charge >= 0.3 is 0 Å². The zero-order chi connectivity index (χ0) is 18.0. The molecular weight excluding hydrogens is 297 g/mol. The van der Waals surface area contributed by atoms with Crippen molar-refractivity contribution in [1.82, 2.24) is 5.06 Å². The van der Waals surface area contributed by atoms with Gasteiger partial charge in [-0.15, -0.1) is 0 Å². The molecule has 0 fully saturated rings. The minimum absolute atomic E-state index is 0.178. The molecule has 0 aliphatic heterocycles. The second-order valence-corrected chi connectivity index (χ2v) is 5.86. The van der Waals surface area contributed by atoms with Crippen molar-refractivity contribution < 1.29 is 18.7 Å². The van der Waals surface area contributed by atoms with Crippen molar-refractivity contribution in [3.05, 3.63) is 34.6 Å². The molecule has 1 aromatic carbocycles. The zero-order valence-corrected chi connectivity index (χ0v) is 15.8. The third-order valence-electron chi connectivity index (χ3n) is 3.27. The Morgan fingerprint density at radius 2 is 1.74 bits per heavy atom. The summed E-state index contributed by atoms with van der Waals surface area (Å²) in [6, 6.07) is 3.38. The van der Waals surface area contributed by atoms with Crippen molar-refractivity contribution in [2.24, 2.45) is 0 Å². The fourth-order valence-electron chi connectivity index (χ4n) is 1.76. The second-order valence-electron chi connectivity index (χ2n) is 5.86. The van der Waals surface area contributed by atoms with E-state index in [2.05, 4.69) is 0 Å². The number of halogens is 1. The van der Waals surface area contributed by atoms with Gasteiger partial charge in [-0.3, -0.25) is 0 Å². The lowest BCUT2D eigenvalue weighted by Gasteiger charge is -2.27. The van der Waals surface area contributed by atoms with E-state index >= 15 is 0 Å². The van der Waals surface area contributed by atoms with Crippen LogP contribution in [0.4, 0.5) is 4.39 Å². The minimum Gasteiger partial charge on any atom is -0.374 e. The Balaban J connectivity index is 0.00000232. The lowest BCUT2D eigenvalue weighted by Crippen LogP contribution is -2.35. The first-order valence-corrected chi connectivity index (χ1v) is 7.98. The van der Waals surface area contributed by atoms with E-state index < -0.39 is 5.60 Å². The third kappa shape index (κ3) is 8.42. The van der Waals surface area contributed by atoms with Gasteiger partial charge in [-0.2, -0.15) is 5.06 Å². The number of hydrogen-bond donors (Lipinski definition) is 0. The van der Waals surface area contributed by atoms with E-state index in [4.69, 9.17) is 14.3 Å². The van der Waals surface area contributed by atoms with Crippen LogP contribution in [0.2, 0.25) is 0 Å². The Morgan fingerprint density at radius 1 is 1.13 bits per heavy atom. The minimum atomic E-state index is -0.421. The molecule has 0 atom stereocenters. The summed E-state index contributed by atoms with van der Waals surface area (Å²) in [7, 11) is 3.38. The summed E-state index contributed by atoms with van der Waals surface area (Å²) in [6.07, 6.45) is 0. The van der Waals surface area contributed by atoms with Crippen molar-refractivity contribution in [2.45, 2.75) is 53.8 Å². The van der Waals surface area contributed by atoms with Gasteiger partial charge in [0.05, 0.1) is 25.9 Å². The molecule has 1 aromatic rings. The Bertz CT molecular complexity index is 464. The quantitative estimate of drug-likeness (QED) is 0.527. The van der Waals surface area contributed by atoms with Crippen LogP contribution in [-0.4, -0.2) is 38.2 Å². The molecule has 0 aliphatic carbocycles. The smallest absolute Gasteiger partial charge is 0.126 e. The molecule has 0 saturated heterocycles. The van der Waals surface area contributed by atoms with Crippen LogP contribution >= 0.6 is 0 Å². The average molecular weight is 329 g/mol. The lowest BCUT2D eigenvalue weighted by atomic mass is 10.1. The monoisotopic (exact) mass is 329 g/mol. The zero-order valence-electron chi connectivity index (χ0n) is 15.8. The second kappa shape index (κ2) is 10.7. The number of rotatable bonds is 8. The van der Waals surface area contributed by atoms with Gasteiger partial charge in [-0.05, 0) is 50.5 Å². The molecular formula is C18H32FNO3. The Hall–Kier alpha value is -1.01. The van der Waals surface area contributed by atoms with Crippen LogP contribution in [-0.2, 0) is 20.9 Å². The van der Waals surface area contributed by atoms with Crippen molar-refractivity contribution in [3.8, 4) is 0 Å². The summed E-state index contributed by atoms with van der Waals surface area (Å²) < 4.78 is 24.8. The Kier molecular flexibility index (Phi) is 10.2. The summed E-state index contributed by atoms with van der Waals surface area (Å²) in [5.74, 6) is -0.178. The molecule has 0 unspecified atom stereocenters. The van der Waals surface area contributed by atoms with Gasteiger partial charge in [0, 0.05) is 7.05 Å². The highest BCUT2D eigenvalue weighted by Gasteiger charge is 2.20. The number of ether oxygens (including phenoxy) is 2. The number of nitrogens with zero attached hydrogens (tertiary/aromatic N) is 1. The summed E-state index contributed by atoms with van der Waals surface area (Å²) in [5, 5.41) is 1.59. The van der Waals surface area contributed by atoms with Gasteiger partial charge in [0.2, 0.25) is 0 Å². The first-order valence-electron chi connectivity index (χ1n) is 7.98. The van der Waals surface area contributed by atoms with Gasteiger partial charge in [-0.25, -0.2) is 4.39 Å². The van der Waals surface area contributed by atoms with E-state index in [1.54, 1.807) is 32.2 Å². The van der Waals surface area contributed by atoms with Crippen LogP contribution in [0.5, 0.6) is 0 Å². The van der Waals surface area contributed by atoms with E-state index in [0.717, 1.165) is 11.1 Å². The lowest BCUT2D eigenvalue weighted by molar-refractivity contribution is -0.207. The first-order chi connectivity index (χ1) is 10.7. The standard InChI is InChI=1S/C16H26FNO3.C2H6/c1-12-8-15(17)13(2)7-14(12)9-20-10-16(3,4)21-11-18(5)19-6;1-2/h7-8H,9-11H2,1-6H3;1-2H3. The molecule has 0 amide bonds. The molecule has 0 heterocycles. The summed E-state index contributed by atoms with van der Waals surface area (Å²) in [5.41, 5.74) is 2.11. The maximum atomic E-state index is 13.4. The molecule has 0 spiro atoms. The topological polar surface area (TPSA) is 30.9 Å². The van der Waals surface area contributed by atoms with Gasteiger partial charge in [0.25, 0.3) is 0 Å². The molecule has 5 heteroatoms. The van der Waals surface area contributed by atoms with E-state index in [-0.39, 0.29) is 5.82 Å². The SMILES string of the molecule is CC.CON(C)COC(C)(C)COCc1cc(C)c(F)cc1C. The van der Waals surface area contributed by atoms with Crippen molar-refractivity contribution in [3.63, 3.8) is 0 Å². The van der Waals surface area contributed by atoms with Crippen molar-refractivity contribution in [1.29, 1.82) is 0 Å². The molecule has 23 heavy (non-hydrogen) atoms. The number of aryl methyl sites for hydroxylation is 2. The molecule has 134 valence electrons. The molecule has 0 bridgehead atoms. The van der Waals surface area contributed by atoms with Crippen LogP contribution in [0.25, 0.3) is 0 Å². The third-order valence-corrected chi connectivity index (χ3v) is 3.27. The molecule has 4 nitrogen and oxygen atoms in total. The van der Waals surface area contributed by atoms with E-state index in [1.165, 1.54) is 0 Å². The maximum Gasteiger partial charge on any atom is 0.126 e. The first kappa shape index (κ1) is 22.0. The number of hydrogen-bond acceptors (Lipinski definition) is 4. The van der Waals surface area contributed by atoms with Crippen LogP contribution in [0.15, 0.2) is 12.1 Å². The fraction of sp³-hybridized carbons (Fsp3) is 0.667. The van der Waals surface area contributed by atoms with Crippen LogP contribution in [0.3, 0.4) is 0 Å². The highest BCUT2D eigenvalue weighted by molar-refractivity contribution is 5.31. The highest BCUT2D eigenvalue weighted by Crippen LogP contribution is 2.17. The van der Waals surface area contributed by atoms with Gasteiger partial charge < -0.3 is 14.3 Å². The average Bonchev–Trinajstić information content (AvgIpc) is 2.52. The van der Waals surface area contributed by atoms with E-state index in [9.17, 15) is 4.39 Å². The molecule has 0 N–H and O–H groups in total. The predicted octanol–water partition coefficient (Wildman–Crippen LogP) is 4.23. The normalized spacial score (nSPS) is 11.4. The molecule has 0 aromatic heterocycles. The Labute approximate surface area is 140 Å². The van der Waals surface area contributed by atoms with Crippen molar-refractivity contribution in [2.75, 3.05) is 27.5 Å². The summed E-state index contributed by atoms with van der Waals surface area (Å²) in [4.78, 5) is 4.99. The van der Waals surface area contributed by atoms with Gasteiger partial charge in [0.15, 0.2) is 0 Å². The predicted molar refractivity (Wildman–Crippen MR) is 91.7 cm³/mol. The fourth-order valence-corrected chi connectivity index (χ4v) is 1.76. The van der Waals surface area contributed by atoms with Crippen LogP contribution in [0, 0.1) is 19.7 Å².